The summed E-state index contributed by atoms with van der Waals surface area (Å²) in [6, 6.07) is 10.2. The summed E-state index contributed by atoms with van der Waals surface area (Å²) in [5.41, 5.74) is 0.347. The van der Waals surface area contributed by atoms with Crippen LogP contribution < -0.4 is 10.1 Å². The monoisotopic (exact) mass is 412 g/mol. The van der Waals surface area contributed by atoms with Gasteiger partial charge in [-0.25, -0.2) is 9.78 Å². The predicted octanol–water partition coefficient (Wildman–Crippen LogP) is 3.45. The molecule has 0 bridgehead atoms. The van der Waals surface area contributed by atoms with Gasteiger partial charge in [-0.1, -0.05) is 27.5 Å². The van der Waals surface area contributed by atoms with Gasteiger partial charge in [0.05, 0.1) is 5.69 Å². The first-order valence-electron chi connectivity index (χ1n) is 6.95. The lowest BCUT2D eigenvalue weighted by molar-refractivity contribution is -0.153. The first-order chi connectivity index (χ1) is 11.5. The Hall–Kier alpha value is -2.12. The molecule has 0 fully saturated rings. The van der Waals surface area contributed by atoms with E-state index in [1.807, 2.05) is 0 Å². The Balaban J connectivity index is 1.80. The van der Waals surface area contributed by atoms with E-state index in [0.717, 1.165) is 4.47 Å². The molecule has 0 spiro atoms. The van der Waals surface area contributed by atoms with Gasteiger partial charge in [0.15, 0.2) is 17.9 Å². The third kappa shape index (κ3) is 5.50. The van der Waals surface area contributed by atoms with Crippen molar-refractivity contribution in [1.29, 1.82) is 0 Å². The maximum atomic E-state index is 11.9. The maximum absolute atomic E-state index is 11.9. The second-order valence-corrected chi connectivity index (χ2v) is 5.99. The topological polar surface area (TPSA) is 77.5 Å². The molecule has 6 nitrogen and oxygen atoms in total. The molecule has 2 aromatic rings. The van der Waals surface area contributed by atoms with Gasteiger partial charge in [-0.2, -0.15) is 0 Å². The van der Waals surface area contributed by atoms with Crippen molar-refractivity contribution in [1.82, 2.24) is 4.98 Å². The van der Waals surface area contributed by atoms with Crippen LogP contribution in [0.25, 0.3) is 0 Å². The highest BCUT2D eigenvalue weighted by molar-refractivity contribution is 9.10. The van der Waals surface area contributed by atoms with Gasteiger partial charge in [-0.05, 0) is 43.3 Å². The molecule has 2 rings (SSSR count). The van der Waals surface area contributed by atoms with E-state index in [1.54, 1.807) is 43.3 Å². The van der Waals surface area contributed by atoms with Gasteiger partial charge in [-0.15, -0.1) is 0 Å². The number of hydrogen-bond acceptors (Lipinski definition) is 5. The van der Waals surface area contributed by atoms with Gasteiger partial charge in [0.2, 0.25) is 0 Å². The fourth-order valence-corrected chi connectivity index (χ4v) is 2.12. The van der Waals surface area contributed by atoms with Gasteiger partial charge in [0, 0.05) is 10.7 Å². The smallest absolute Gasteiger partial charge is 0.347 e. The zero-order valence-electron chi connectivity index (χ0n) is 12.7. The highest BCUT2D eigenvalue weighted by atomic mass is 79.9. The Labute approximate surface area is 152 Å². The molecule has 0 radical (unpaired) electrons. The van der Waals surface area contributed by atoms with Crippen LogP contribution in [0.15, 0.2) is 47.1 Å². The molecule has 1 aromatic heterocycles. The molecular formula is C16H14BrClN2O4. The summed E-state index contributed by atoms with van der Waals surface area (Å²) in [4.78, 5) is 27.5. The van der Waals surface area contributed by atoms with Crippen LogP contribution in [0.5, 0.6) is 5.75 Å². The molecule has 0 unspecified atom stereocenters. The summed E-state index contributed by atoms with van der Waals surface area (Å²) in [7, 11) is 0. The van der Waals surface area contributed by atoms with Crippen LogP contribution in [0, 0.1) is 0 Å². The average molecular weight is 414 g/mol. The second-order valence-electron chi connectivity index (χ2n) is 4.71. The van der Waals surface area contributed by atoms with E-state index in [2.05, 4.69) is 26.2 Å². The Kier molecular flexibility index (Phi) is 6.57. The Bertz CT molecular complexity index is 724. The lowest BCUT2D eigenvalue weighted by Crippen LogP contribution is -2.29. The lowest BCUT2D eigenvalue weighted by Gasteiger charge is -2.14. The maximum Gasteiger partial charge on any atom is 0.347 e. The number of anilines is 1. The SMILES string of the molecule is C[C@@H](Oc1ccc(Br)cc1)C(=O)OCC(=O)Nc1cccnc1Cl. The van der Waals surface area contributed by atoms with Crippen molar-refractivity contribution in [2.24, 2.45) is 0 Å². The molecule has 1 heterocycles. The van der Waals surface area contributed by atoms with E-state index < -0.39 is 24.6 Å². The van der Waals surface area contributed by atoms with E-state index in [1.165, 1.54) is 6.20 Å². The molecule has 1 atom stereocenters. The number of benzene rings is 1. The van der Waals surface area contributed by atoms with Crippen molar-refractivity contribution in [2.75, 3.05) is 11.9 Å². The minimum atomic E-state index is -0.846. The molecule has 1 amide bonds. The highest BCUT2D eigenvalue weighted by Gasteiger charge is 2.18. The summed E-state index contributed by atoms with van der Waals surface area (Å²) in [5.74, 6) is -0.645. The molecule has 8 heteroatoms. The van der Waals surface area contributed by atoms with Crippen LogP contribution in [0.2, 0.25) is 5.15 Å². The average Bonchev–Trinajstić information content (AvgIpc) is 2.57. The Morgan fingerprint density at radius 1 is 1.29 bits per heavy atom. The number of pyridine rings is 1. The van der Waals surface area contributed by atoms with E-state index in [4.69, 9.17) is 21.1 Å². The van der Waals surface area contributed by atoms with E-state index in [0.29, 0.717) is 11.4 Å². The number of aromatic nitrogens is 1. The normalized spacial score (nSPS) is 11.5. The molecule has 0 aliphatic carbocycles. The van der Waals surface area contributed by atoms with Crippen LogP contribution in [-0.4, -0.2) is 29.6 Å². The van der Waals surface area contributed by atoms with Gasteiger partial charge in [-0.3, -0.25) is 4.79 Å². The van der Waals surface area contributed by atoms with E-state index in [9.17, 15) is 9.59 Å². The fourth-order valence-electron chi connectivity index (χ4n) is 1.68. The summed E-state index contributed by atoms with van der Waals surface area (Å²) >= 11 is 9.13. The number of rotatable bonds is 6. The third-order valence-corrected chi connectivity index (χ3v) is 3.67. The zero-order chi connectivity index (χ0) is 17.5. The standard InChI is InChI=1S/C16H14BrClN2O4/c1-10(24-12-6-4-11(17)5-7-12)16(22)23-9-14(21)20-13-3-2-8-19-15(13)18/h2-8,10H,9H2,1H3,(H,20,21)/t10-/m1/s1. The van der Waals surface area contributed by atoms with Gasteiger partial charge >= 0.3 is 5.97 Å². The van der Waals surface area contributed by atoms with Crippen molar-refractivity contribution in [2.45, 2.75) is 13.0 Å². The second kappa shape index (κ2) is 8.65. The van der Waals surface area contributed by atoms with Gasteiger partial charge in [0.1, 0.15) is 5.75 Å². The number of ether oxygens (including phenoxy) is 2. The predicted molar refractivity (Wildman–Crippen MR) is 93.1 cm³/mol. The molecule has 126 valence electrons. The number of nitrogens with one attached hydrogen (secondary N) is 1. The minimum absolute atomic E-state index is 0.157. The van der Waals surface area contributed by atoms with Crippen molar-refractivity contribution in [3.63, 3.8) is 0 Å². The first kappa shape index (κ1) is 18.2. The van der Waals surface area contributed by atoms with Crippen LogP contribution in [0.1, 0.15) is 6.92 Å². The third-order valence-electron chi connectivity index (χ3n) is 2.84. The highest BCUT2D eigenvalue weighted by Crippen LogP contribution is 2.18. The number of carbonyl (C=O) groups excluding carboxylic acids is 2. The molecule has 0 aliphatic heterocycles. The van der Waals surface area contributed by atoms with Crippen molar-refractivity contribution in [3.8, 4) is 5.75 Å². The molecule has 0 saturated heterocycles. The molecule has 1 aromatic carbocycles. The lowest BCUT2D eigenvalue weighted by atomic mass is 10.3. The van der Waals surface area contributed by atoms with Crippen molar-refractivity contribution >= 4 is 45.1 Å². The number of halogens is 2. The van der Waals surface area contributed by atoms with Crippen LogP contribution in [0.4, 0.5) is 5.69 Å². The van der Waals surface area contributed by atoms with Gasteiger partial charge < -0.3 is 14.8 Å². The number of esters is 1. The van der Waals surface area contributed by atoms with Gasteiger partial charge in [0.25, 0.3) is 5.91 Å². The van der Waals surface area contributed by atoms with Crippen LogP contribution >= 0.6 is 27.5 Å². The number of amides is 1. The fraction of sp³-hybridized carbons (Fsp3) is 0.188. The van der Waals surface area contributed by atoms with Crippen LogP contribution in [0.3, 0.4) is 0 Å². The van der Waals surface area contributed by atoms with Crippen molar-refractivity contribution < 1.29 is 19.1 Å². The van der Waals surface area contributed by atoms with E-state index in [-0.39, 0.29) is 5.15 Å². The largest absolute Gasteiger partial charge is 0.479 e. The summed E-state index contributed by atoms with van der Waals surface area (Å²) in [6.07, 6.45) is 0.653. The molecular weight excluding hydrogens is 400 g/mol. The minimum Gasteiger partial charge on any atom is -0.479 e. The first-order valence-corrected chi connectivity index (χ1v) is 8.12. The summed E-state index contributed by atoms with van der Waals surface area (Å²) < 4.78 is 11.3. The number of carbonyl (C=O) groups is 2. The summed E-state index contributed by atoms with van der Waals surface area (Å²) in [6.45, 7) is 1.10. The number of hydrogen-bond donors (Lipinski definition) is 1. The Morgan fingerprint density at radius 3 is 2.67 bits per heavy atom. The molecule has 1 N–H and O–H groups in total. The van der Waals surface area contributed by atoms with Crippen LogP contribution in [-0.2, 0) is 14.3 Å². The summed E-state index contributed by atoms with van der Waals surface area (Å²) in [5, 5.41) is 2.66. The molecule has 0 aliphatic rings. The van der Waals surface area contributed by atoms with Crippen molar-refractivity contribution in [3.05, 3.63) is 52.2 Å². The zero-order valence-corrected chi connectivity index (χ0v) is 15.0. The Morgan fingerprint density at radius 2 is 2.00 bits per heavy atom. The quantitative estimate of drug-likeness (QED) is 0.580. The molecule has 0 saturated carbocycles. The molecule has 24 heavy (non-hydrogen) atoms. The van der Waals surface area contributed by atoms with E-state index >= 15 is 0 Å². The number of nitrogens with zero attached hydrogens (tertiary/aromatic N) is 1.